The molecule has 0 aliphatic rings. The number of amides is 1. The van der Waals surface area contributed by atoms with Crippen molar-refractivity contribution in [2.24, 2.45) is 0 Å². The maximum absolute atomic E-state index is 12.4. The van der Waals surface area contributed by atoms with Crippen molar-refractivity contribution >= 4 is 23.1 Å². The predicted molar refractivity (Wildman–Crippen MR) is 106 cm³/mol. The molecule has 28 heavy (non-hydrogen) atoms. The van der Waals surface area contributed by atoms with Gasteiger partial charge in [-0.1, -0.05) is 12.1 Å². The van der Waals surface area contributed by atoms with Gasteiger partial charge >= 0.3 is 0 Å². The summed E-state index contributed by atoms with van der Waals surface area (Å²) >= 11 is 0. The van der Waals surface area contributed by atoms with Crippen LogP contribution in [0, 0.1) is 0 Å². The number of nitrogens with zero attached hydrogens (tertiary/aromatic N) is 2. The molecule has 0 saturated carbocycles. The lowest BCUT2D eigenvalue weighted by atomic mass is 10.2. The van der Waals surface area contributed by atoms with Gasteiger partial charge < -0.3 is 24.8 Å². The maximum atomic E-state index is 12.4. The minimum atomic E-state index is -0.384. The summed E-state index contributed by atoms with van der Waals surface area (Å²) in [6, 6.07) is 12.5. The van der Waals surface area contributed by atoms with E-state index in [9.17, 15) is 4.79 Å². The SMILES string of the molecule is COc1ccc(Nc2cnc(C(=O)Nc3ccccc3OC)cn2)c(OC)c1. The third kappa shape index (κ3) is 4.29. The van der Waals surface area contributed by atoms with Crippen molar-refractivity contribution in [3.8, 4) is 17.2 Å². The maximum Gasteiger partial charge on any atom is 0.275 e. The van der Waals surface area contributed by atoms with Gasteiger partial charge in [-0.2, -0.15) is 0 Å². The average molecular weight is 380 g/mol. The summed E-state index contributed by atoms with van der Waals surface area (Å²) < 4.78 is 15.7. The molecule has 0 aliphatic carbocycles. The van der Waals surface area contributed by atoms with Gasteiger partial charge in [0.2, 0.25) is 0 Å². The largest absolute Gasteiger partial charge is 0.497 e. The summed E-state index contributed by atoms with van der Waals surface area (Å²) in [7, 11) is 4.69. The number of anilines is 3. The third-order valence-electron chi connectivity index (χ3n) is 3.91. The normalized spacial score (nSPS) is 10.1. The Morgan fingerprint density at radius 3 is 2.32 bits per heavy atom. The van der Waals surface area contributed by atoms with Crippen LogP contribution in [0.2, 0.25) is 0 Å². The van der Waals surface area contributed by atoms with Crippen LogP contribution in [0.1, 0.15) is 10.5 Å². The molecule has 1 amide bonds. The molecule has 8 nitrogen and oxygen atoms in total. The molecule has 2 aromatic carbocycles. The lowest BCUT2D eigenvalue weighted by Crippen LogP contribution is -2.14. The van der Waals surface area contributed by atoms with Crippen molar-refractivity contribution in [2.45, 2.75) is 0 Å². The fraction of sp³-hybridized carbons (Fsp3) is 0.150. The van der Waals surface area contributed by atoms with E-state index in [2.05, 4.69) is 20.6 Å². The molecule has 3 rings (SSSR count). The molecule has 0 bridgehead atoms. The summed E-state index contributed by atoms with van der Waals surface area (Å²) in [6.07, 6.45) is 2.86. The van der Waals surface area contributed by atoms with Gasteiger partial charge in [0.1, 0.15) is 28.8 Å². The molecule has 0 spiro atoms. The lowest BCUT2D eigenvalue weighted by molar-refractivity contribution is 0.102. The molecule has 0 saturated heterocycles. The van der Waals surface area contributed by atoms with E-state index in [0.717, 1.165) is 0 Å². The highest BCUT2D eigenvalue weighted by Gasteiger charge is 2.12. The Hall–Kier alpha value is -3.81. The number of carbonyl (C=O) groups is 1. The monoisotopic (exact) mass is 380 g/mol. The Balaban J connectivity index is 1.72. The van der Waals surface area contributed by atoms with Gasteiger partial charge in [0.25, 0.3) is 5.91 Å². The molecule has 0 radical (unpaired) electrons. The summed E-state index contributed by atoms with van der Waals surface area (Å²) in [5, 5.41) is 5.86. The Bertz CT molecular complexity index is 961. The van der Waals surface area contributed by atoms with Crippen molar-refractivity contribution in [1.29, 1.82) is 0 Å². The first-order valence-electron chi connectivity index (χ1n) is 8.40. The van der Waals surface area contributed by atoms with Crippen LogP contribution in [0.25, 0.3) is 0 Å². The van der Waals surface area contributed by atoms with E-state index in [4.69, 9.17) is 14.2 Å². The Labute approximate surface area is 162 Å². The van der Waals surface area contributed by atoms with Crippen molar-refractivity contribution in [3.05, 3.63) is 60.6 Å². The molecule has 8 heteroatoms. The van der Waals surface area contributed by atoms with Gasteiger partial charge in [0, 0.05) is 6.07 Å². The van der Waals surface area contributed by atoms with E-state index in [-0.39, 0.29) is 11.6 Å². The van der Waals surface area contributed by atoms with Crippen LogP contribution >= 0.6 is 0 Å². The van der Waals surface area contributed by atoms with Gasteiger partial charge in [0.05, 0.1) is 45.1 Å². The Morgan fingerprint density at radius 2 is 1.64 bits per heavy atom. The Morgan fingerprint density at radius 1 is 0.857 bits per heavy atom. The fourth-order valence-electron chi connectivity index (χ4n) is 2.48. The predicted octanol–water partition coefficient (Wildman–Crippen LogP) is 3.50. The first kappa shape index (κ1) is 19.0. The average Bonchev–Trinajstić information content (AvgIpc) is 2.74. The second-order valence-electron chi connectivity index (χ2n) is 5.63. The first-order chi connectivity index (χ1) is 13.6. The van der Waals surface area contributed by atoms with E-state index in [1.807, 2.05) is 12.1 Å². The standard InChI is InChI=1S/C20H20N4O4/c1-26-13-8-9-15(18(10-13)28-3)23-19-12-21-16(11-22-19)20(25)24-14-6-4-5-7-17(14)27-2/h4-12H,1-3H3,(H,22,23)(H,24,25). The minimum Gasteiger partial charge on any atom is -0.497 e. The van der Waals surface area contributed by atoms with Crippen LogP contribution in [0.3, 0.4) is 0 Å². The molecule has 0 fully saturated rings. The minimum absolute atomic E-state index is 0.179. The molecule has 0 aliphatic heterocycles. The molecule has 144 valence electrons. The van der Waals surface area contributed by atoms with E-state index < -0.39 is 0 Å². The van der Waals surface area contributed by atoms with Crippen LogP contribution in [-0.2, 0) is 0 Å². The highest BCUT2D eigenvalue weighted by Crippen LogP contribution is 2.30. The number of ether oxygens (including phenoxy) is 3. The molecule has 3 aromatic rings. The summed E-state index contributed by atoms with van der Waals surface area (Å²) in [5.41, 5.74) is 1.43. The number of para-hydroxylation sites is 2. The smallest absolute Gasteiger partial charge is 0.275 e. The molecule has 0 unspecified atom stereocenters. The van der Waals surface area contributed by atoms with Crippen molar-refractivity contribution in [2.75, 3.05) is 32.0 Å². The highest BCUT2D eigenvalue weighted by molar-refractivity contribution is 6.03. The van der Waals surface area contributed by atoms with Gasteiger partial charge in [-0.15, -0.1) is 0 Å². The van der Waals surface area contributed by atoms with Gasteiger partial charge in [0.15, 0.2) is 0 Å². The quantitative estimate of drug-likeness (QED) is 0.648. The number of hydrogen-bond acceptors (Lipinski definition) is 7. The van der Waals surface area contributed by atoms with Crippen LogP contribution in [-0.4, -0.2) is 37.2 Å². The second kappa shape index (κ2) is 8.72. The van der Waals surface area contributed by atoms with Gasteiger partial charge in [-0.25, -0.2) is 9.97 Å². The number of carbonyl (C=O) groups excluding carboxylic acids is 1. The van der Waals surface area contributed by atoms with E-state index in [0.29, 0.717) is 34.4 Å². The zero-order chi connectivity index (χ0) is 19.9. The second-order valence-corrected chi connectivity index (χ2v) is 5.63. The van der Waals surface area contributed by atoms with Crippen LogP contribution in [0.4, 0.5) is 17.2 Å². The summed E-state index contributed by atoms with van der Waals surface area (Å²) in [6.45, 7) is 0. The Kier molecular flexibility index (Phi) is 5.91. The van der Waals surface area contributed by atoms with E-state index in [1.54, 1.807) is 51.7 Å². The number of methoxy groups -OCH3 is 3. The topological polar surface area (TPSA) is 94.6 Å². The van der Waals surface area contributed by atoms with E-state index in [1.165, 1.54) is 12.4 Å². The highest BCUT2D eigenvalue weighted by atomic mass is 16.5. The molecule has 2 N–H and O–H groups in total. The molecule has 1 heterocycles. The van der Waals surface area contributed by atoms with E-state index >= 15 is 0 Å². The number of rotatable bonds is 7. The van der Waals surface area contributed by atoms with Crippen molar-refractivity contribution in [3.63, 3.8) is 0 Å². The number of hydrogen-bond donors (Lipinski definition) is 2. The zero-order valence-electron chi connectivity index (χ0n) is 15.7. The van der Waals surface area contributed by atoms with Gasteiger partial charge in [-0.05, 0) is 24.3 Å². The number of aromatic nitrogens is 2. The van der Waals surface area contributed by atoms with Crippen LogP contribution in [0.15, 0.2) is 54.9 Å². The zero-order valence-corrected chi connectivity index (χ0v) is 15.7. The number of benzene rings is 2. The van der Waals surface area contributed by atoms with Crippen LogP contribution in [0.5, 0.6) is 17.2 Å². The van der Waals surface area contributed by atoms with Gasteiger partial charge in [-0.3, -0.25) is 4.79 Å². The molecule has 0 atom stereocenters. The van der Waals surface area contributed by atoms with Crippen molar-refractivity contribution < 1.29 is 19.0 Å². The lowest BCUT2D eigenvalue weighted by Gasteiger charge is -2.12. The summed E-state index contributed by atoms with van der Waals surface area (Å²) in [5.74, 6) is 1.92. The molecular formula is C20H20N4O4. The number of nitrogens with one attached hydrogen (secondary N) is 2. The first-order valence-corrected chi connectivity index (χ1v) is 8.40. The molecular weight excluding hydrogens is 360 g/mol. The fourth-order valence-corrected chi connectivity index (χ4v) is 2.48. The third-order valence-corrected chi connectivity index (χ3v) is 3.91. The molecule has 1 aromatic heterocycles. The summed E-state index contributed by atoms with van der Waals surface area (Å²) in [4.78, 5) is 20.8. The van der Waals surface area contributed by atoms with Crippen LogP contribution < -0.4 is 24.8 Å². The van der Waals surface area contributed by atoms with Crippen molar-refractivity contribution in [1.82, 2.24) is 9.97 Å².